The predicted octanol–water partition coefficient (Wildman–Crippen LogP) is 0.187. The monoisotopic (exact) mass is 427 g/mol. The number of nitrogens with zero attached hydrogens (tertiary/aromatic N) is 1. The fourth-order valence-corrected chi connectivity index (χ4v) is 3.81. The van der Waals surface area contributed by atoms with Gasteiger partial charge < -0.3 is 24.7 Å². The zero-order valence-corrected chi connectivity index (χ0v) is 20.6. The summed E-state index contributed by atoms with van der Waals surface area (Å²) in [4.78, 5) is 10.6. The van der Waals surface area contributed by atoms with Crippen molar-refractivity contribution in [3.05, 3.63) is 47.5 Å². The van der Waals surface area contributed by atoms with Crippen LogP contribution in [0, 0.1) is 5.82 Å². The van der Waals surface area contributed by atoms with Crippen molar-refractivity contribution in [2.75, 3.05) is 0 Å². The maximum atomic E-state index is 13.4. The largest absolute Gasteiger partial charge is 1.00 e. The van der Waals surface area contributed by atoms with Gasteiger partial charge in [0.2, 0.25) is 0 Å². The summed E-state index contributed by atoms with van der Waals surface area (Å²) in [6.07, 6.45) is 0.587. The van der Waals surface area contributed by atoms with Crippen LogP contribution in [0.4, 0.5) is 4.39 Å². The third kappa shape index (κ3) is 7.20. The van der Waals surface area contributed by atoms with Gasteiger partial charge in [-0.3, -0.25) is 0 Å². The van der Waals surface area contributed by atoms with Gasteiger partial charge in [0.15, 0.2) is 0 Å². The van der Waals surface area contributed by atoms with Gasteiger partial charge in [0.25, 0.3) is 0 Å². The molecule has 2 unspecified atom stereocenters. The smallest absolute Gasteiger partial charge is 0.550 e. The molecule has 5 nitrogen and oxygen atoms in total. The van der Waals surface area contributed by atoms with Gasteiger partial charge in [-0.25, -0.2) is 4.39 Å². The average Bonchev–Trinajstić information content (AvgIpc) is 2.99. The van der Waals surface area contributed by atoms with E-state index in [0.717, 1.165) is 16.7 Å². The number of carboxylic acid groups (broad SMARTS) is 1. The van der Waals surface area contributed by atoms with Gasteiger partial charge in [-0.05, 0) is 62.3 Å². The molecule has 0 bridgehead atoms. The number of benzene rings is 1. The molecule has 0 aliphatic rings. The molecule has 0 aliphatic carbocycles. The third-order valence-electron chi connectivity index (χ3n) is 5.11. The molecule has 0 spiro atoms. The standard InChI is InChI=1S/C23H32FNO4.Na/c1-14(2)23-20(10-9-18(26)11-19(27)12-22(28)29)21(13-25(23)15(3)4)16-5-7-17(24)8-6-16;/h5-8,13-15,18-19,26-27H,9-12H2,1-4H3,(H,28,29);/q;+1/p-1. The minimum Gasteiger partial charge on any atom is -0.550 e. The van der Waals surface area contributed by atoms with Crippen LogP contribution in [0.3, 0.4) is 0 Å². The Morgan fingerprint density at radius 3 is 2.20 bits per heavy atom. The molecule has 30 heavy (non-hydrogen) atoms. The van der Waals surface area contributed by atoms with E-state index >= 15 is 0 Å². The number of rotatable bonds is 10. The Morgan fingerprint density at radius 2 is 1.70 bits per heavy atom. The number of aliphatic carboxylic acids is 1. The van der Waals surface area contributed by atoms with Crippen LogP contribution in [0.1, 0.15) is 70.2 Å². The summed E-state index contributed by atoms with van der Waals surface area (Å²) < 4.78 is 15.6. The predicted molar refractivity (Wildman–Crippen MR) is 109 cm³/mol. The molecule has 1 aromatic heterocycles. The van der Waals surface area contributed by atoms with Crippen LogP contribution in [0.2, 0.25) is 0 Å². The number of carbonyl (C=O) groups is 1. The second kappa shape index (κ2) is 12.0. The zero-order chi connectivity index (χ0) is 21.7. The summed E-state index contributed by atoms with van der Waals surface area (Å²) in [7, 11) is 0. The molecule has 0 amide bonds. The topological polar surface area (TPSA) is 85.5 Å². The minimum absolute atomic E-state index is 0. The molecule has 2 rings (SSSR count). The maximum absolute atomic E-state index is 13.4. The Bertz CT molecular complexity index is 817. The Morgan fingerprint density at radius 1 is 1.10 bits per heavy atom. The molecule has 0 saturated heterocycles. The molecule has 0 radical (unpaired) electrons. The van der Waals surface area contributed by atoms with Crippen molar-refractivity contribution in [2.24, 2.45) is 0 Å². The van der Waals surface area contributed by atoms with Crippen LogP contribution < -0.4 is 34.7 Å². The molecule has 0 fully saturated rings. The molecule has 2 aromatic rings. The summed E-state index contributed by atoms with van der Waals surface area (Å²) in [5.74, 6) is -1.37. The minimum atomic E-state index is -1.33. The van der Waals surface area contributed by atoms with E-state index in [0.29, 0.717) is 12.8 Å². The fraction of sp³-hybridized carbons (Fsp3) is 0.522. The number of aliphatic hydroxyl groups is 2. The molecule has 1 heterocycles. The summed E-state index contributed by atoms with van der Waals surface area (Å²) in [6, 6.07) is 6.62. The van der Waals surface area contributed by atoms with Crippen LogP contribution in [0.15, 0.2) is 30.5 Å². The number of hydrogen-bond acceptors (Lipinski definition) is 4. The number of aromatic nitrogens is 1. The first kappa shape index (κ1) is 26.9. The van der Waals surface area contributed by atoms with Crippen molar-refractivity contribution in [1.82, 2.24) is 4.57 Å². The molecule has 0 saturated carbocycles. The first-order valence-electron chi connectivity index (χ1n) is 10.2. The number of hydrogen-bond donors (Lipinski definition) is 2. The number of halogens is 1. The second-order valence-electron chi connectivity index (χ2n) is 8.23. The zero-order valence-electron chi connectivity index (χ0n) is 18.6. The van der Waals surface area contributed by atoms with Crippen molar-refractivity contribution >= 4 is 5.97 Å². The molecule has 0 aliphatic heterocycles. The van der Waals surface area contributed by atoms with E-state index in [-0.39, 0.29) is 53.8 Å². The van der Waals surface area contributed by atoms with Crippen molar-refractivity contribution in [1.29, 1.82) is 0 Å². The maximum Gasteiger partial charge on any atom is 1.00 e. The van der Waals surface area contributed by atoms with Gasteiger partial charge in [0.05, 0.1) is 12.2 Å². The SMILES string of the molecule is CC(C)c1c(CCC(O)CC(O)CC(=O)[O-])c(-c2ccc(F)cc2)cn1C(C)C.[Na+]. The molecule has 160 valence electrons. The van der Waals surface area contributed by atoms with Crippen LogP contribution in [0.5, 0.6) is 0 Å². The average molecular weight is 427 g/mol. The number of carbonyl (C=O) groups excluding carboxylic acids is 1. The van der Waals surface area contributed by atoms with Crippen molar-refractivity contribution < 1.29 is 54.1 Å². The fourth-order valence-electron chi connectivity index (χ4n) is 3.81. The summed E-state index contributed by atoms with van der Waals surface area (Å²) in [5, 5.41) is 30.7. The van der Waals surface area contributed by atoms with Crippen molar-refractivity contribution in [2.45, 2.75) is 77.5 Å². The van der Waals surface area contributed by atoms with Gasteiger partial charge in [-0.15, -0.1) is 0 Å². The Hall–Kier alpha value is -1.18. The first-order valence-corrected chi connectivity index (χ1v) is 10.2. The molecule has 2 atom stereocenters. The molecule has 7 heteroatoms. The normalized spacial score (nSPS) is 13.4. The molecule has 2 N–H and O–H groups in total. The van der Waals surface area contributed by atoms with Gasteiger partial charge in [-0.1, -0.05) is 26.0 Å². The van der Waals surface area contributed by atoms with Gasteiger partial charge in [0, 0.05) is 35.9 Å². The summed E-state index contributed by atoms with van der Waals surface area (Å²) in [5.41, 5.74) is 4.18. The van der Waals surface area contributed by atoms with E-state index < -0.39 is 24.6 Å². The van der Waals surface area contributed by atoms with Crippen LogP contribution in [-0.4, -0.2) is 33.0 Å². The first-order chi connectivity index (χ1) is 13.6. The van der Waals surface area contributed by atoms with E-state index in [2.05, 4.69) is 38.5 Å². The molecular formula is C23H31FNNaO4. The van der Waals surface area contributed by atoms with E-state index in [1.54, 1.807) is 12.1 Å². The Balaban J connectivity index is 0.00000450. The van der Waals surface area contributed by atoms with Crippen LogP contribution in [-0.2, 0) is 11.2 Å². The van der Waals surface area contributed by atoms with Gasteiger partial charge in [-0.2, -0.15) is 0 Å². The van der Waals surface area contributed by atoms with Crippen molar-refractivity contribution in [3.8, 4) is 11.1 Å². The number of carboxylic acids is 1. The third-order valence-corrected chi connectivity index (χ3v) is 5.11. The quantitative estimate of drug-likeness (QED) is 0.530. The second-order valence-corrected chi connectivity index (χ2v) is 8.23. The van der Waals surface area contributed by atoms with E-state index in [9.17, 15) is 24.5 Å². The molecule has 1 aromatic carbocycles. The van der Waals surface area contributed by atoms with E-state index in [4.69, 9.17) is 0 Å². The Labute approximate surface area is 200 Å². The number of aliphatic hydroxyl groups excluding tert-OH is 2. The van der Waals surface area contributed by atoms with Crippen molar-refractivity contribution in [3.63, 3.8) is 0 Å². The van der Waals surface area contributed by atoms with Gasteiger partial charge >= 0.3 is 29.6 Å². The van der Waals surface area contributed by atoms with E-state index in [1.807, 2.05) is 0 Å². The summed E-state index contributed by atoms with van der Waals surface area (Å²) >= 11 is 0. The Kier molecular flexibility index (Phi) is 10.8. The van der Waals surface area contributed by atoms with Crippen LogP contribution >= 0.6 is 0 Å². The molecular weight excluding hydrogens is 396 g/mol. The van der Waals surface area contributed by atoms with E-state index in [1.165, 1.54) is 17.8 Å². The van der Waals surface area contributed by atoms with Crippen LogP contribution in [0.25, 0.3) is 11.1 Å². The summed E-state index contributed by atoms with van der Waals surface area (Å²) in [6.45, 7) is 8.45. The van der Waals surface area contributed by atoms with Gasteiger partial charge in [0.1, 0.15) is 5.82 Å².